The number of thiophene rings is 1. The Labute approximate surface area is 173 Å². The molecule has 0 N–H and O–H groups in total. The highest BCUT2D eigenvalue weighted by molar-refractivity contribution is 7.98. The van der Waals surface area contributed by atoms with Gasteiger partial charge in [0.1, 0.15) is 22.9 Å². The second-order valence-electron chi connectivity index (χ2n) is 6.24. The molecule has 0 aliphatic heterocycles. The van der Waals surface area contributed by atoms with Crippen molar-refractivity contribution in [2.45, 2.75) is 17.7 Å². The molecule has 0 saturated heterocycles. The Kier molecular flexibility index (Phi) is 4.61. The molecule has 0 amide bonds. The normalized spacial score (nSPS) is 11.4. The quantitative estimate of drug-likeness (QED) is 0.283. The summed E-state index contributed by atoms with van der Waals surface area (Å²) < 4.78 is 20.7. The average molecular weight is 423 g/mol. The van der Waals surface area contributed by atoms with Crippen LogP contribution in [0.25, 0.3) is 27.5 Å². The zero-order valence-corrected chi connectivity index (χ0v) is 16.9. The van der Waals surface area contributed by atoms with Crippen LogP contribution >= 0.6 is 23.1 Å². The first kappa shape index (κ1) is 18.0. The van der Waals surface area contributed by atoms with Crippen molar-refractivity contribution in [2.75, 3.05) is 0 Å². The highest BCUT2D eigenvalue weighted by Gasteiger charge is 2.15. The van der Waals surface area contributed by atoms with Gasteiger partial charge in [0.05, 0.1) is 27.8 Å². The summed E-state index contributed by atoms with van der Waals surface area (Å²) in [5.41, 5.74) is 2.30. The zero-order valence-electron chi connectivity index (χ0n) is 15.2. The maximum absolute atomic E-state index is 13.2. The molecule has 0 fully saturated rings. The molecule has 4 aromatic heterocycles. The Balaban J connectivity index is 1.42. The summed E-state index contributed by atoms with van der Waals surface area (Å²) in [5, 5.41) is 8.06. The van der Waals surface area contributed by atoms with Gasteiger partial charge in [-0.15, -0.1) is 11.3 Å². The van der Waals surface area contributed by atoms with Gasteiger partial charge in [-0.3, -0.25) is 0 Å². The summed E-state index contributed by atoms with van der Waals surface area (Å²) in [6, 6.07) is 10.1. The van der Waals surface area contributed by atoms with E-state index in [1.165, 1.54) is 18.5 Å². The Morgan fingerprint density at radius 3 is 2.83 bits per heavy atom. The highest BCUT2D eigenvalue weighted by atomic mass is 32.2. The predicted molar refractivity (Wildman–Crippen MR) is 111 cm³/mol. The van der Waals surface area contributed by atoms with Crippen LogP contribution in [0.15, 0.2) is 63.7 Å². The van der Waals surface area contributed by atoms with Gasteiger partial charge in [0, 0.05) is 5.75 Å². The Morgan fingerprint density at radius 2 is 2.03 bits per heavy atom. The summed E-state index contributed by atoms with van der Waals surface area (Å²) in [5.74, 6) is 1.77. The lowest BCUT2D eigenvalue weighted by molar-refractivity contribution is 0.542. The van der Waals surface area contributed by atoms with E-state index in [1.807, 2.05) is 24.4 Å². The average Bonchev–Trinajstić information content (AvgIpc) is 3.47. The van der Waals surface area contributed by atoms with Crippen molar-refractivity contribution in [1.29, 1.82) is 0 Å². The van der Waals surface area contributed by atoms with Crippen molar-refractivity contribution in [3.63, 3.8) is 0 Å². The minimum absolute atomic E-state index is 0.291. The van der Waals surface area contributed by atoms with E-state index in [0.717, 1.165) is 32.4 Å². The largest absolute Gasteiger partial charge is 0.440 e. The molecular formula is C20H14FN5OS2. The summed E-state index contributed by atoms with van der Waals surface area (Å²) in [7, 11) is 0. The predicted octanol–water partition coefficient (Wildman–Crippen LogP) is 5.27. The van der Waals surface area contributed by atoms with Crippen LogP contribution in [0.5, 0.6) is 0 Å². The van der Waals surface area contributed by atoms with Crippen LogP contribution in [0.2, 0.25) is 0 Å². The minimum atomic E-state index is -0.291. The van der Waals surface area contributed by atoms with Crippen LogP contribution in [0.1, 0.15) is 11.5 Å². The maximum Gasteiger partial charge on any atom is 0.236 e. The van der Waals surface area contributed by atoms with Gasteiger partial charge in [0.2, 0.25) is 5.89 Å². The van der Waals surface area contributed by atoms with Gasteiger partial charge in [0.15, 0.2) is 5.65 Å². The fourth-order valence-corrected chi connectivity index (χ4v) is 4.52. The molecule has 0 atom stereocenters. The van der Waals surface area contributed by atoms with Crippen molar-refractivity contribution >= 4 is 34.1 Å². The van der Waals surface area contributed by atoms with Crippen LogP contribution in [0.4, 0.5) is 4.39 Å². The summed E-state index contributed by atoms with van der Waals surface area (Å²) in [4.78, 5) is 14.4. The van der Waals surface area contributed by atoms with Gasteiger partial charge in [-0.2, -0.15) is 5.10 Å². The number of aryl methyl sites for hydroxylation is 1. The molecular weight excluding hydrogens is 409 g/mol. The lowest BCUT2D eigenvalue weighted by atomic mass is 10.3. The summed E-state index contributed by atoms with van der Waals surface area (Å²) in [6.45, 7) is 1.92. The van der Waals surface area contributed by atoms with Gasteiger partial charge >= 0.3 is 0 Å². The molecule has 0 radical (unpaired) electrons. The van der Waals surface area contributed by atoms with E-state index in [2.05, 4.69) is 20.1 Å². The number of nitrogens with zero attached hydrogens (tertiary/aromatic N) is 5. The highest BCUT2D eigenvalue weighted by Crippen LogP contribution is 2.31. The van der Waals surface area contributed by atoms with Gasteiger partial charge in [-0.05, 0) is 42.6 Å². The molecule has 9 heteroatoms. The second kappa shape index (κ2) is 7.41. The molecule has 0 spiro atoms. The number of halogens is 1. The van der Waals surface area contributed by atoms with Crippen molar-refractivity contribution in [2.24, 2.45) is 0 Å². The number of hydrogen-bond donors (Lipinski definition) is 0. The van der Waals surface area contributed by atoms with E-state index in [9.17, 15) is 4.39 Å². The van der Waals surface area contributed by atoms with Crippen molar-refractivity contribution < 1.29 is 8.81 Å². The number of thioether (sulfide) groups is 1. The third-order valence-electron chi connectivity index (χ3n) is 4.37. The molecule has 144 valence electrons. The van der Waals surface area contributed by atoms with E-state index >= 15 is 0 Å². The number of oxazole rings is 1. The van der Waals surface area contributed by atoms with Gasteiger partial charge in [0.25, 0.3) is 0 Å². The zero-order chi connectivity index (χ0) is 19.8. The SMILES string of the molecule is Cc1oc(-c2cccs2)nc1CSc1ncnc2c1cnn2-c1ccc(F)cc1. The van der Waals surface area contributed by atoms with E-state index in [4.69, 9.17) is 4.42 Å². The number of hydrogen-bond acceptors (Lipinski definition) is 7. The Bertz CT molecular complexity index is 1280. The van der Waals surface area contributed by atoms with Gasteiger partial charge in [-0.1, -0.05) is 17.8 Å². The van der Waals surface area contributed by atoms with E-state index in [1.54, 1.807) is 46.1 Å². The van der Waals surface area contributed by atoms with Crippen LogP contribution in [0, 0.1) is 12.7 Å². The molecule has 1 aromatic carbocycles. The first-order valence-electron chi connectivity index (χ1n) is 8.77. The standard InChI is InChI=1S/C20H14FN5OS2/c1-12-16(25-19(27-12)17-3-2-8-28-17)10-29-20-15-9-24-26(18(15)22-11-23-20)14-6-4-13(21)5-7-14/h2-9,11H,10H2,1H3. The molecule has 6 nitrogen and oxygen atoms in total. The number of benzene rings is 1. The van der Waals surface area contributed by atoms with Crippen LogP contribution in [0.3, 0.4) is 0 Å². The van der Waals surface area contributed by atoms with Crippen LogP contribution in [-0.2, 0) is 5.75 Å². The van der Waals surface area contributed by atoms with Crippen molar-refractivity contribution in [3.8, 4) is 16.5 Å². The first-order valence-corrected chi connectivity index (χ1v) is 10.6. The molecule has 5 aromatic rings. The minimum Gasteiger partial charge on any atom is -0.440 e. The van der Waals surface area contributed by atoms with E-state index in [0.29, 0.717) is 17.3 Å². The fourth-order valence-electron chi connectivity index (χ4n) is 2.91. The lowest BCUT2D eigenvalue weighted by Gasteiger charge is -2.04. The smallest absolute Gasteiger partial charge is 0.236 e. The molecule has 0 aliphatic carbocycles. The number of aromatic nitrogens is 5. The van der Waals surface area contributed by atoms with Crippen LogP contribution < -0.4 is 0 Å². The molecule has 0 saturated carbocycles. The van der Waals surface area contributed by atoms with Gasteiger partial charge < -0.3 is 4.42 Å². The third-order valence-corrected chi connectivity index (χ3v) is 6.25. The van der Waals surface area contributed by atoms with Crippen LogP contribution in [-0.4, -0.2) is 24.7 Å². The number of fused-ring (bicyclic) bond motifs is 1. The maximum atomic E-state index is 13.2. The molecule has 5 rings (SSSR count). The lowest BCUT2D eigenvalue weighted by Crippen LogP contribution is -1.98. The Morgan fingerprint density at radius 1 is 1.17 bits per heavy atom. The molecule has 0 aliphatic rings. The van der Waals surface area contributed by atoms with Gasteiger partial charge in [-0.25, -0.2) is 24.0 Å². The third kappa shape index (κ3) is 3.43. The van der Waals surface area contributed by atoms with E-state index < -0.39 is 0 Å². The van der Waals surface area contributed by atoms with E-state index in [-0.39, 0.29) is 5.82 Å². The second-order valence-corrected chi connectivity index (χ2v) is 8.15. The fraction of sp³-hybridized carbons (Fsp3) is 0.100. The molecule has 4 heterocycles. The Hall–Kier alpha value is -3.04. The molecule has 0 bridgehead atoms. The number of rotatable bonds is 5. The monoisotopic (exact) mass is 423 g/mol. The topological polar surface area (TPSA) is 69.6 Å². The van der Waals surface area contributed by atoms with Crippen molar-refractivity contribution in [1.82, 2.24) is 24.7 Å². The summed E-state index contributed by atoms with van der Waals surface area (Å²) in [6.07, 6.45) is 3.24. The van der Waals surface area contributed by atoms with Crippen molar-refractivity contribution in [3.05, 3.63) is 71.6 Å². The molecule has 0 unspecified atom stereocenters. The summed E-state index contributed by atoms with van der Waals surface area (Å²) >= 11 is 3.15. The molecule has 29 heavy (non-hydrogen) atoms. The first-order chi connectivity index (χ1) is 14.2.